The zero-order valence-corrected chi connectivity index (χ0v) is 27.0. The van der Waals surface area contributed by atoms with Crippen molar-refractivity contribution in [1.29, 1.82) is 0 Å². The molecular formula is C37H45N3O6. The molecular weight excluding hydrogens is 582 g/mol. The highest BCUT2D eigenvalue weighted by atomic mass is 16.7. The zero-order chi connectivity index (χ0) is 32.5. The predicted octanol–water partition coefficient (Wildman–Crippen LogP) is 6.52. The Morgan fingerprint density at radius 3 is 2.09 bits per heavy atom. The molecule has 5 rings (SSSR count). The van der Waals surface area contributed by atoms with Crippen LogP contribution in [0.2, 0.25) is 0 Å². The molecule has 2 aliphatic rings. The summed E-state index contributed by atoms with van der Waals surface area (Å²) in [5.41, 5.74) is 6.09. The summed E-state index contributed by atoms with van der Waals surface area (Å²) in [4.78, 5) is 38.5. The lowest BCUT2D eigenvalue weighted by Crippen LogP contribution is -2.51. The number of hydrogen-bond donors (Lipinski definition) is 3. The number of alkyl carbamates (subject to hydrolysis) is 1. The van der Waals surface area contributed by atoms with E-state index in [1.807, 2.05) is 69.3 Å². The number of amides is 3. The Labute approximate surface area is 271 Å². The third-order valence-electron chi connectivity index (χ3n) is 8.75. The van der Waals surface area contributed by atoms with Crippen molar-refractivity contribution >= 4 is 23.6 Å². The van der Waals surface area contributed by atoms with Gasteiger partial charge < -0.3 is 30.2 Å². The van der Waals surface area contributed by atoms with Gasteiger partial charge in [0.1, 0.15) is 12.6 Å². The van der Waals surface area contributed by atoms with Crippen LogP contribution in [-0.2, 0) is 30.4 Å². The second-order valence-electron chi connectivity index (χ2n) is 12.3. The number of hydrogen-bond acceptors (Lipinski definition) is 6. The van der Waals surface area contributed by atoms with E-state index in [0.29, 0.717) is 18.9 Å². The van der Waals surface area contributed by atoms with Crippen LogP contribution < -0.4 is 16.0 Å². The minimum atomic E-state index is -0.869. The van der Waals surface area contributed by atoms with Gasteiger partial charge in [-0.1, -0.05) is 80.9 Å². The maximum atomic E-state index is 13.0. The van der Waals surface area contributed by atoms with Gasteiger partial charge in [0, 0.05) is 31.1 Å². The number of ether oxygens (including phenoxy) is 3. The molecule has 0 saturated heterocycles. The maximum Gasteiger partial charge on any atom is 0.407 e. The highest BCUT2D eigenvalue weighted by Crippen LogP contribution is 2.44. The lowest BCUT2D eigenvalue weighted by molar-refractivity contribution is -0.256. The molecule has 0 heterocycles. The van der Waals surface area contributed by atoms with Crippen molar-refractivity contribution in [2.45, 2.75) is 77.2 Å². The molecule has 0 spiro atoms. The molecule has 9 heteroatoms. The average molecular weight is 628 g/mol. The van der Waals surface area contributed by atoms with E-state index in [1.165, 1.54) is 6.42 Å². The van der Waals surface area contributed by atoms with Crippen molar-refractivity contribution in [2.24, 2.45) is 5.92 Å². The van der Waals surface area contributed by atoms with Crippen LogP contribution in [0.15, 0.2) is 72.8 Å². The summed E-state index contributed by atoms with van der Waals surface area (Å²) in [6, 6.07) is 22.8. The first-order valence-corrected chi connectivity index (χ1v) is 16.3. The van der Waals surface area contributed by atoms with E-state index >= 15 is 0 Å². The Kier molecular flexibility index (Phi) is 11.1. The van der Waals surface area contributed by atoms with Gasteiger partial charge in [-0.3, -0.25) is 9.59 Å². The molecule has 244 valence electrons. The first kappa shape index (κ1) is 33.2. The van der Waals surface area contributed by atoms with Gasteiger partial charge in [-0.15, -0.1) is 0 Å². The molecule has 3 aromatic rings. The predicted molar refractivity (Wildman–Crippen MR) is 177 cm³/mol. The third kappa shape index (κ3) is 8.13. The molecule has 2 aliphatic carbocycles. The summed E-state index contributed by atoms with van der Waals surface area (Å²) in [6.45, 7) is 6.59. The fourth-order valence-corrected chi connectivity index (χ4v) is 6.37. The van der Waals surface area contributed by atoms with Gasteiger partial charge in [0.2, 0.25) is 11.8 Å². The van der Waals surface area contributed by atoms with E-state index in [2.05, 4.69) is 40.2 Å². The number of rotatable bonds is 13. The van der Waals surface area contributed by atoms with Gasteiger partial charge in [0.05, 0.1) is 13.2 Å². The quantitative estimate of drug-likeness (QED) is 0.186. The number of benzene rings is 3. The molecule has 3 aromatic carbocycles. The minimum absolute atomic E-state index is 0.0848. The smallest absolute Gasteiger partial charge is 0.407 e. The molecule has 9 nitrogen and oxygen atoms in total. The van der Waals surface area contributed by atoms with Gasteiger partial charge in [0.15, 0.2) is 5.79 Å². The summed E-state index contributed by atoms with van der Waals surface area (Å²) in [5.74, 6) is -1.66. The first-order valence-electron chi connectivity index (χ1n) is 16.3. The monoisotopic (exact) mass is 627 g/mol. The molecule has 1 saturated carbocycles. The molecule has 0 aromatic heterocycles. The second kappa shape index (κ2) is 15.4. The topological polar surface area (TPSA) is 115 Å². The Bertz CT molecular complexity index is 1450. The Morgan fingerprint density at radius 2 is 1.48 bits per heavy atom. The van der Waals surface area contributed by atoms with Crippen molar-refractivity contribution in [1.82, 2.24) is 10.6 Å². The van der Waals surface area contributed by atoms with Crippen LogP contribution in [-0.4, -0.2) is 49.5 Å². The standard InChI is InChI=1S/C37H45N3O6/c1-4-45-37(20-10-5-11-21-37)46-23-26-16-18-27(19-17-26)39-33(41)22-38-35(42)34(25(2)3)40-36(43)44-24-32-30-14-8-6-12-28(30)29-13-7-9-15-31(29)32/h6-9,12-19,25,32,34H,4-5,10-11,20-24H2,1-3H3,(H,38,42)(H,39,41)(H,40,43). The van der Waals surface area contributed by atoms with Crippen LogP contribution in [0, 0.1) is 5.92 Å². The molecule has 1 atom stereocenters. The molecule has 1 unspecified atom stereocenters. The van der Waals surface area contributed by atoms with E-state index in [4.69, 9.17) is 14.2 Å². The normalized spacial score (nSPS) is 15.8. The molecule has 0 radical (unpaired) electrons. The van der Waals surface area contributed by atoms with Crippen LogP contribution >= 0.6 is 0 Å². The van der Waals surface area contributed by atoms with Crippen LogP contribution in [0.25, 0.3) is 11.1 Å². The second-order valence-corrected chi connectivity index (χ2v) is 12.3. The molecule has 3 amide bonds. The van der Waals surface area contributed by atoms with Crippen LogP contribution in [0.3, 0.4) is 0 Å². The lowest BCUT2D eigenvalue weighted by atomic mass is 9.94. The summed E-state index contributed by atoms with van der Waals surface area (Å²) in [5, 5.41) is 8.13. The van der Waals surface area contributed by atoms with Crippen LogP contribution in [0.5, 0.6) is 0 Å². The van der Waals surface area contributed by atoms with Gasteiger partial charge in [0.25, 0.3) is 0 Å². The lowest BCUT2D eigenvalue weighted by Gasteiger charge is -2.36. The minimum Gasteiger partial charge on any atom is -0.449 e. The highest BCUT2D eigenvalue weighted by Gasteiger charge is 2.34. The van der Waals surface area contributed by atoms with Crippen molar-refractivity contribution in [3.63, 3.8) is 0 Å². The van der Waals surface area contributed by atoms with Crippen LogP contribution in [0.1, 0.15) is 75.5 Å². The third-order valence-corrected chi connectivity index (χ3v) is 8.75. The van der Waals surface area contributed by atoms with Crippen LogP contribution in [0.4, 0.5) is 10.5 Å². The van der Waals surface area contributed by atoms with Crippen molar-refractivity contribution in [3.05, 3.63) is 89.5 Å². The fourth-order valence-electron chi connectivity index (χ4n) is 6.37. The molecule has 46 heavy (non-hydrogen) atoms. The Balaban J connectivity index is 1.07. The average Bonchev–Trinajstić information content (AvgIpc) is 3.39. The molecule has 3 N–H and O–H groups in total. The fraction of sp³-hybridized carbons (Fsp3) is 0.432. The Hall–Kier alpha value is -4.21. The molecule has 0 bridgehead atoms. The number of anilines is 1. The van der Waals surface area contributed by atoms with E-state index in [-0.39, 0.29) is 30.9 Å². The summed E-state index contributed by atoms with van der Waals surface area (Å²) in [6.07, 6.45) is 4.54. The van der Waals surface area contributed by atoms with E-state index in [1.54, 1.807) is 0 Å². The van der Waals surface area contributed by atoms with E-state index in [0.717, 1.165) is 53.5 Å². The highest BCUT2D eigenvalue weighted by molar-refractivity contribution is 5.95. The van der Waals surface area contributed by atoms with E-state index < -0.39 is 23.8 Å². The molecule has 0 aliphatic heterocycles. The van der Waals surface area contributed by atoms with E-state index in [9.17, 15) is 14.4 Å². The number of carbonyl (C=O) groups is 3. The maximum absolute atomic E-state index is 13.0. The van der Waals surface area contributed by atoms with Crippen molar-refractivity contribution < 1.29 is 28.6 Å². The summed E-state index contributed by atoms with van der Waals surface area (Å²) in [7, 11) is 0. The summed E-state index contributed by atoms with van der Waals surface area (Å²) >= 11 is 0. The molecule has 1 fully saturated rings. The first-order chi connectivity index (χ1) is 22.3. The number of fused-ring (bicyclic) bond motifs is 3. The Morgan fingerprint density at radius 1 is 0.848 bits per heavy atom. The van der Waals surface area contributed by atoms with Gasteiger partial charge in [-0.05, 0) is 65.6 Å². The number of carbonyl (C=O) groups excluding carboxylic acids is 3. The number of nitrogens with one attached hydrogen (secondary N) is 3. The zero-order valence-electron chi connectivity index (χ0n) is 27.0. The van der Waals surface area contributed by atoms with Gasteiger partial charge >= 0.3 is 6.09 Å². The van der Waals surface area contributed by atoms with Crippen molar-refractivity contribution in [2.75, 3.05) is 25.1 Å². The summed E-state index contributed by atoms with van der Waals surface area (Å²) < 4.78 is 17.8. The SMILES string of the molecule is CCOC1(OCc2ccc(NC(=O)CNC(=O)C(NC(=O)OCC3c4ccccc4-c4ccccc43)C(C)C)cc2)CCCCC1. The largest absolute Gasteiger partial charge is 0.449 e. The van der Waals surface area contributed by atoms with Gasteiger partial charge in [-0.25, -0.2) is 4.79 Å². The van der Waals surface area contributed by atoms with Gasteiger partial charge in [-0.2, -0.15) is 0 Å². The van der Waals surface area contributed by atoms with Crippen molar-refractivity contribution in [3.8, 4) is 11.1 Å².